The fourth-order valence-corrected chi connectivity index (χ4v) is 1.39. The molecule has 0 spiro atoms. The molecule has 5 heteroatoms. The van der Waals surface area contributed by atoms with E-state index in [0.29, 0.717) is 6.42 Å². The molecular formula is C8H11NO3S. The molecule has 0 fully saturated rings. The summed E-state index contributed by atoms with van der Waals surface area (Å²) in [6.07, 6.45) is 1.91. The first-order chi connectivity index (χ1) is 5.97. The van der Waals surface area contributed by atoms with Crippen LogP contribution in [-0.2, 0) is 16.5 Å². The lowest BCUT2D eigenvalue weighted by molar-refractivity contribution is 0.482. The molecule has 0 amide bonds. The lowest BCUT2D eigenvalue weighted by atomic mass is 10.2. The summed E-state index contributed by atoms with van der Waals surface area (Å²) >= 11 is 0. The number of rotatable bonds is 3. The topological polar surface area (TPSA) is 67.3 Å². The minimum atomic E-state index is -3.86. The van der Waals surface area contributed by atoms with Gasteiger partial charge in [0.1, 0.15) is 0 Å². The molecule has 1 aromatic rings. The SMILES string of the molecule is Cc1ccc(CCS(=O)(=O)O)cn1. The zero-order valence-electron chi connectivity index (χ0n) is 7.27. The molecule has 0 saturated carbocycles. The molecule has 1 heterocycles. The van der Waals surface area contributed by atoms with Crippen LogP contribution in [0.15, 0.2) is 18.3 Å². The second-order valence-corrected chi connectivity index (χ2v) is 4.42. The molecule has 0 radical (unpaired) electrons. The Labute approximate surface area is 77.4 Å². The summed E-state index contributed by atoms with van der Waals surface area (Å²) in [4.78, 5) is 4.00. The van der Waals surface area contributed by atoms with Gasteiger partial charge in [0.05, 0.1) is 5.75 Å². The monoisotopic (exact) mass is 201 g/mol. The van der Waals surface area contributed by atoms with Crippen molar-refractivity contribution in [3.8, 4) is 0 Å². The van der Waals surface area contributed by atoms with Crippen LogP contribution in [0, 0.1) is 6.92 Å². The lowest BCUT2D eigenvalue weighted by Gasteiger charge is -1.98. The second-order valence-electron chi connectivity index (χ2n) is 2.84. The number of aromatic nitrogens is 1. The van der Waals surface area contributed by atoms with Gasteiger partial charge in [-0.1, -0.05) is 6.07 Å². The van der Waals surface area contributed by atoms with E-state index in [1.54, 1.807) is 18.3 Å². The van der Waals surface area contributed by atoms with Crippen LogP contribution in [0.5, 0.6) is 0 Å². The van der Waals surface area contributed by atoms with Crippen LogP contribution in [0.3, 0.4) is 0 Å². The van der Waals surface area contributed by atoms with Crippen molar-refractivity contribution in [2.24, 2.45) is 0 Å². The molecule has 13 heavy (non-hydrogen) atoms. The maximum absolute atomic E-state index is 10.4. The maximum atomic E-state index is 10.4. The van der Waals surface area contributed by atoms with Crippen molar-refractivity contribution >= 4 is 10.1 Å². The molecule has 0 aliphatic rings. The van der Waals surface area contributed by atoms with Gasteiger partial charge in [0.2, 0.25) is 0 Å². The van der Waals surface area contributed by atoms with Crippen molar-refractivity contribution < 1.29 is 13.0 Å². The van der Waals surface area contributed by atoms with Crippen molar-refractivity contribution in [2.45, 2.75) is 13.3 Å². The molecule has 0 atom stereocenters. The van der Waals surface area contributed by atoms with Gasteiger partial charge in [0.15, 0.2) is 0 Å². The first kappa shape index (κ1) is 10.1. The normalized spacial score (nSPS) is 11.5. The third kappa shape index (κ3) is 4.00. The maximum Gasteiger partial charge on any atom is 0.265 e. The van der Waals surface area contributed by atoms with Gasteiger partial charge in [0.25, 0.3) is 10.1 Å². The van der Waals surface area contributed by atoms with Crippen LogP contribution in [0.4, 0.5) is 0 Å². The van der Waals surface area contributed by atoms with Crippen molar-refractivity contribution in [1.82, 2.24) is 4.98 Å². The largest absolute Gasteiger partial charge is 0.286 e. The van der Waals surface area contributed by atoms with Crippen LogP contribution >= 0.6 is 0 Å². The van der Waals surface area contributed by atoms with Gasteiger partial charge in [-0.15, -0.1) is 0 Å². The third-order valence-electron chi connectivity index (χ3n) is 1.62. The Kier molecular flexibility index (Phi) is 3.00. The van der Waals surface area contributed by atoms with Crippen LogP contribution in [0.25, 0.3) is 0 Å². The molecule has 0 saturated heterocycles. The molecule has 0 aromatic carbocycles. The summed E-state index contributed by atoms with van der Waals surface area (Å²) in [7, 11) is -3.86. The standard InChI is InChI=1S/C8H11NO3S/c1-7-2-3-8(6-9-7)4-5-13(10,11)12/h2-3,6H,4-5H2,1H3,(H,10,11,12). The van der Waals surface area contributed by atoms with Gasteiger partial charge in [-0.3, -0.25) is 9.54 Å². The van der Waals surface area contributed by atoms with Gasteiger partial charge in [0, 0.05) is 11.9 Å². The molecule has 4 nitrogen and oxygen atoms in total. The summed E-state index contributed by atoms with van der Waals surface area (Å²) in [6, 6.07) is 3.60. The van der Waals surface area contributed by atoms with E-state index in [1.165, 1.54) is 0 Å². The van der Waals surface area contributed by atoms with Crippen molar-refractivity contribution in [3.05, 3.63) is 29.6 Å². The van der Waals surface area contributed by atoms with Crippen molar-refractivity contribution in [3.63, 3.8) is 0 Å². The fraction of sp³-hybridized carbons (Fsp3) is 0.375. The highest BCUT2D eigenvalue weighted by Gasteiger charge is 2.04. The summed E-state index contributed by atoms with van der Waals surface area (Å²) in [6.45, 7) is 1.85. The number of hydrogen-bond acceptors (Lipinski definition) is 3. The molecule has 0 aliphatic heterocycles. The Bertz CT molecular complexity index is 369. The third-order valence-corrected chi connectivity index (χ3v) is 2.34. The summed E-state index contributed by atoms with van der Waals surface area (Å²) < 4.78 is 29.3. The van der Waals surface area contributed by atoms with E-state index in [9.17, 15) is 8.42 Å². The smallest absolute Gasteiger partial charge is 0.265 e. The number of aryl methyl sites for hydroxylation is 2. The Hall–Kier alpha value is -0.940. The Balaban J connectivity index is 2.61. The van der Waals surface area contributed by atoms with Gasteiger partial charge in [-0.25, -0.2) is 0 Å². The summed E-state index contributed by atoms with van der Waals surface area (Å²) in [5.74, 6) is -0.252. The predicted octanol–water partition coefficient (Wildman–Crippen LogP) is 0.820. The van der Waals surface area contributed by atoms with E-state index in [0.717, 1.165) is 11.3 Å². The van der Waals surface area contributed by atoms with Gasteiger partial charge in [-0.05, 0) is 25.0 Å². The zero-order valence-corrected chi connectivity index (χ0v) is 8.08. The zero-order chi connectivity index (χ0) is 9.90. The minimum absolute atomic E-state index is 0.252. The van der Waals surface area contributed by atoms with Gasteiger partial charge < -0.3 is 0 Å². The van der Waals surface area contributed by atoms with Gasteiger partial charge in [-0.2, -0.15) is 8.42 Å². The molecule has 72 valence electrons. The number of nitrogens with zero attached hydrogens (tertiary/aromatic N) is 1. The van der Waals surface area contributed by atoms with E-state index in [4.69, 9.17) is 4.55 Å². The van der Waals surface area contributed by atoms with Crippen LogP contribution in [-0.4, -0.2) is 23.7 Å². The number of hydrogen-bond donors (Lipinski definition) is 1. The highest BCUT2D eigenvalue weighted by Crippen LogP contribution is 2.01. The molecule has 1 aromatic heterocycles. The highest BCUT2D eigenvalue weighted by molar-refractivity contribution is 7.85. The highest BCUT2D eigenvalue weighted by atomic mass is 32.2. The predicted molar refractivity (Wildman–Crippen MR) is 49.1 cm³/mol. The quantitative estimate of drug-likeness (QED) is 0.735. The Morgan fingerprint density at radius 3 is 2.62 bits per heavy atom. The molecule has 0 aliphatic carbocycles. The van der Waals surface area contributed by atoms with Crippen LogP contribution < -0.4 is 0 Å². The summed E-state index contributed by atoms with van der Waals surface area (Å²) in [5, 5.41) is 0. The van der Waals surface area contributed by atoms with E-state index in [1.807, 2.05) is 6.92 Å². The van der Waals surface area contributed by atoms with E-state index in [2.05, 4.69) is 4.98 Å². The Morgan fingerprint density at radius 2 is 2.15 bits per heavy atom. The average Bonchev–Trinajstić information content (AvgIpc) is 2.02. The van der Waals surface area contributed by atoms with Crippen molar-refractivity contribution in [1.29, 1.82) is 0 Å². The van der Waals surface area contributed by atoms with E-state index in [-0.39, 0.29) is 5.75 Å². The Morgan fingerprint density at radius 1 is 1.46 bits per heavy atom. The number of pyridine rings is 1. The fourth-order valence-electron chi connectivity index (χ4n) is 0.893. The first-order valence-corrected chi connectivity index (χ1v) is 5.45. The summed E-state index contributed by atoms with van der Waals surface area (Å²) in [5.41, 5.74) is 1.69. The van der Waals surface area contributed by atoms with Crippen LogP contribution in [0.2, 0.25) is 0 Å². The van der Waals surface area contributed by atoms with E-state index >= 15 is 0 Å². The second kappa shape index (κ2) is 3.85. The molecule has 0 unspecified atom stereocenters. The molecule has 1 rings (SSSR count). The van der Waals surface area contributed by atoms with Crippen molar-refractivity contribution in [2.75, 3.05) is 5.75 Å². The molecular weight excluding hydrogens is 190 g/mol. The first-order valence-electron chi connectivity index (χ1n) is 3.84. The minimum Gasteiger partial charge on any atom is -0.286 e. The molecule has 0 bridgehead atoms. The average molecular weight is 201 g/mol. The van der Waals surface area contributed by atoms with E-state index < -0.39 is 10.1 Å². The molecule has 1 N–H and O–H groups in total. The van der Waals surface area contributed by atoms with Gasteiger partial charge >= 0.3 is 0 Å². The lowest BCUT2D eigenvalue weighted by Crippen LogP contribution is -2.06. The van der Waals surface area contributed by atoms with Crippen LogP contribution in [0.1, 0.15) is 11.3 Å².